The quantitative estimate of drug-likeness (QED) is 0.726. The van der Waals surface area contributed by atoms with E-state index in [1.807, 2.05) is 43.3 Å². The maximum Gasteiger partial charge on any atom is 0.237 e. The number of amides is 3. The topological polar surface area (TPSA) is 78.5 Å². The smallest absolute Gasteiger partial charge is 0.237 e. The van der Waals surface area contributed by atoms with E-state index in [9.17, 15) is 14.4 Å². The van der Waals surface area contributed by atoms with Crippen LogP contribution in [0.15, 0.2) is 48.5 Å². The van der Waals surface area contributed by atoms with Crippen LogP contribution in [0, 0.1) is 6.92 Å². The van der Waals surface area contributed by atoms with E-state index in [1.54, 1.807) is 24.0 Å². The Morgan fingerprint density at radius 3 is 2.28 bits per heavy atom. The van der Waals surface area contributed by atoms with E-state index in [4.69, 9.17) is 0 Å². The summed E-state index contributed by atoms with van der Waals surface area (Å²) in [5.41, 5.74) is 3.39. The fourth-order valence-electron chi connectivity index (χ4n) is 3.00. The van der Waals surface area contributed by atoms with Crippen molar-refractivity contribution in [1.82, 2.24) is 0 Å². The molecule has 1 aliphatic heterocycles. The van der Waals surface area contributed by atoms with Crippen molar-refractivity contribution < 1.29 is 14.4 Å². The van der Waals surface area contributed by atoms with Crippen molar-refractivity contribution in [1.29, 1.82) is 0 Å². The molecule has 7 heteroatoms. The minimum atomic E-state index is -0.376. The zero-order valence-electron chi connectivity index (χ0n) is 16.6. The van der Waals surface area contributed by atoms with Crippen LogP contribution in [0.2, 0.25) is 0 Å². The number of aryl methyl sites for hydroxylation is 1. The van der Waals surface area contributed by atoms with Crippen LogP contribution in [0.25, 0.3) is 0 Å². The van der Waals surface area contributed by atoms with Crippen LogP contribution in [-0.4, -0.2) is 35.3 Å². The Hall–Kier alpha value is -2.80. The second-order valence-corrected chi connectivity index (χ2v) is 8.38. The summed E-state index contributed by atoms with van der Waals surface area (Å²) in [6.45, 7) is 4.50. The number of nitrogens with one attached hydrogen (secondary N) is 2. The highest BCUT2D eigenvalue weighted by molar-refractivity contribution is 8.01. The summed E-state index contributed by atoms with van der Waals surface area (Å²) in [5, 5.41) is 5.31. The summed E-state index contributed by atoms with van der Waals surface area (Å²) in [4.78, 5) is 38.0. The Kier molecular flexibility index (Phi) is 6.93. The van der Waals surface area contributed by atoms with Crippen LogP contribution in [0.5, 0.6) is 0 Å². The number of thioether (sulfide) groups is 1. The molecule has 1 fully saturated rings. The number of nitrogens with zero attached hydrogens (tertiary/aromatic N) is 1. The minimum Gasteiger partial charge on any atom is -0.325 e. The molecule has 6 nitrogen and oxygen atoms in total. The van der Waals surface area contributed by atoms with Gasteiger partial charge in [-0.1, -0.05) is 17.7 Å². The number of carbonyl (C=O) groups is 3. The maximum atomic E-state index is 12.4. The first kappa shape index (κ1) is 20.9. The lowest BCUT2D eigenvalue weighted by Gasteiger charge is -2.16. The van der Waals surface area contributed by atoms with Gasteiger partial charge in [0.05, 0.1) is 11.0 Å². The molecule has 2 N–H and O–H groups in total. The normalized spacial score (nSPS) is 14.6. The molecule has 0 aliphatic carbocycles. The third-order valence-corrected chi connectivity index (χ3v) is 5.83. The molecular formula is C22H25N3O3S. The van der Waals surface area contributed by atoms with Gasteiger partial charge in [-0.2, -0.15) is 0 Å². The van der Waals surface area contributed by atoms with Crippen LogP contribution in [0.4, 0.5) is 17.1 Å². The summed E-state index contributed by atoms with van der Waals surface area (Å²) in [6.07, 6.45) is 1.47. The lowest BCUT2D eigenvalue weighted by molar-refractivity contribution is -0.117. The number of rotatable bonds is 7. The van der Waals surface area contributed by atoms with E-state index in [-0.39, 0.29) is 28.7 Å². The summed E-state index contributed by atoms with van der Waals surface area (Å²) >= 11 is 1.28. The Morgan fingerprint density at radius 1 is 1.03 bits per heavy atom. The van der Waals surface area contributed by atoms with E-state index in [1.165, 1.54) is 11.8 Å². The predicted molar refractivity (Wildman–Crippen MR) is 118 cm³/mol. The summed E-state index contributed by atoms with van der Waals surface area (Å²) in [6, 6.07) is 14.8. The van der Waals surface area contributed by atoms with Gasteiger partial charge in [-0.25, -0.2) is 0 Å². The fourth-order valence-corrected chi connectivity index (χ4v) is 3.68. The highest BCUT2D eigenvalue weighted by atomic mass is 32.2. The number of benzene rings is 2. The molecule has 29 heavy (non-hydrogen) atoms. The summed E-state index contributed by atoms with van der Waals surface area (Å²) < 4.78 is 0. The van der Waals surface area contributed by atoms with Gasteiger partial charge in [-0.3, -0.25) is 14.4 Å². The number of anilines is 3. The van der Waals surface area contributed by atoms with Crippen molar-refractivity contribution in [2.45, 2.75) is 31.9 Å². The van der Waals surface area contributed by atoms with Gasteiger partial charge in [0.25, 0.3) is 0 Å². The standard InChI is InChI=1S/C22H25N3O3S/c1-15-5-7-17(8-6-15)23-20(26)14-29-16(2)22(28)24-18-9-11-19(12-10-18)25-13-3-4-21(25)27/h5-12,16H,3-4,13-14H2,1-2H3,(H,23,26)(H,24,28)/t16-/m1/s1. The van der Waals surface area contributed by atoms with Crippen LogP contribution < -0.4 is 15.5 Å². The van der Waals surface area contributed by atoms with Crippen LogP contribution >= 0.6 is 11.8 Å². The second-order valence-electron chi connectivity index (χ2n) is 7.05. The SMILES string of the molecule is Cc1ccc(NC(=O)CS[C@H](C)C(=O)Nc2ccc(N3CCCC3=O)cc2)cc1. The Labute approximate surface area is 175 Å². The molecule has 2 aromatic carbocycles. The molecule has 0 bridgehead atoms. The van der Waals surface area contributed by atoms with Gasteiger partial charge in [0.1, 0.15) is 0 Å². The molecule has 0 radical (unpaired) electrons. The number of hydrogen-bond donors (Lipinski definition) is 2. The average molecular weight is 412 g/mol. The van der Waals surface area contributed by atoms with Crippen molar-refractivity contribution in [3.05, 3.63) is 54.1 Å². The first-order valence-corrected chi connectivity index (χ1v) is 10.7. The molecule has 152 valence electrons. The molecule has 1 atom stereocenters. The molecule has 0 unspecified atom stereocenters. The van der Waals surface area contributed by atoms with E-state index < -0.39 is 0 Å². The Morgan fingerprint density at radius 2 is 1.66 bits per heavy atom. The molecule has 1 saturated heterocycles. The van der Waals surface area contributed by atoms with Crippen molar-refractivity contribution in [2.24, 2.45) is 0 Å². The fraction of sp³-hybridized carbons (Fsp3) is 0.318. The highest BCUT2D eigenvalue weighted by Gasteiger charge is 2.21. The first-order chi connectivity index (χ1) is 13.9. The predicted octanol–water partition coefficient (Wildman–Crippen LogP) is 3.82. The number of hydrogen-bond acceptors (Lipinski definition) is 4. The van der Waals surface area contributed by atoms with E-state index >= 15 is 0 Å². The van der Waals surface area contributed by atoms with Crippen LogP contribution in [0.3, 0.4) is 0 Å². The molecule has 0 saturated carbocycles. The third kappa shape index (κ3) is 5.84. The summed E-state index contributed by atoms with van der Waals surface area (Å²) in [5.74, 6) is 0.0235. The Bertz CT molecular complexity index is 881. The average Bonchev–Trinajstić information content (AvgIpc) is 3.14. The molecule has 1 aliphatic rings. The lowest BCUT2D eigenvalue weighted by Crippen LogP contribution is -2.25. The van der Waals surface area contributed by atoms with E-state index in [0.717, 1.165) is 29.9 Å². The minimum absolute atomic E-state index is 0.135. The van der Waals surface area contributed by atoms with E-state index in [0.29, 0.717) is 12.1 Å². The third-order valence-electron chi connectivity index (χ3n) is 4.69. The molecule has 0 spiro atoms. The van der Waals surface area contributed by atoms with Crippen molar-refractivity contribution in [3.8, 4) is 0 Å². The van der Waals surface area contributed by atoms with Gasteiger partial charge in [0, 0.05) is 30.0 Å². The Balaban J connectivity index is 1.45. The van der Waals surface area contributed by atoms with Gasteiger partial charge in [-0.05, 0) is 56.7 Å². The molecule has 2 aromatic rings. The molecule has 3 rings (SSSR count). The van der Waals surface area contributed by atoms with Gasteiger partial charge < -0.3 is 15.5 Å². The van der Waals surface area contributed by atoms with Crippen molar-refractivity contribution >= 4 is 46.5 Å². The van der Waals surface area contributed by atoms with Gasteiger partial charge in [-0.15, -0.1) is 11.8 Å². The van der Waals surface area contributed by atoms with Crippen LogP contribution in [-0.2, 0) is 14.4 Å². The van der Waals surface area contributed by atoms with Gasteiger partial charge in [0.15, 0.2) is 0 Å². The summed E-state index contributed by atoms with van der Waals surface area (Å²) in [7, 11) is 0. The monoisotopic (exact) mass is 411 g/mol. The van der Waals surface area contributed by atoms with E-state index in [2.05, 4.69) is 10.6 Å². The molecule has 3 amide bonds. The lowest BCUT2D eigenvalue weighted by atomic mass is 10.2. The van der Waals surface area contributed by atoms with Gasteiger partial charge in [0.2, 0.25) is 17.7 Å². The zero-order valence-corrected chi connectivity index (χ0v) is 17.4. The zero-order chi connectivity index (χ0) is 20.8. The van der Waals surface area contributed by atoms with Crippen LogP contribution in [0.1, 0.15) is 25.3 Å². The number of carbonyl (C=O) groups excluding carboxylic acids is 3. The highest BCUT2D eigenvalue weighted by Crippen LogP contribution is 2.23. The van der Waals surface area contributed by atoms with Crippen molar-refractivity contribution in [3.63, 3.8) is 0 Å². The second kappa shape index (κ2) is 9.60. The molecule has 1 heterocycles. The van der Waals surface area contributed by atoms with Crippen molar-refractivity contribution in [2.75, 3.05) is 27.8 Å². The first-order valence-electron chi connectivity index (χ1n) is 9.62. The largest absolute Gasteiger partial charge is 0.325 e. The molecule has 0 aromatic heterocycles. The molecular weight excluding hydrogens is 386 g/mol. The maximum absolute atomic E-state index is 12.4. The van der Waals surface area contributed by atoms with Gasteiger partial charge >= 0.3 is 0 Å².